The van der Waals surface area contributed by atoms with Gasteiger partial charge in [-0.15, -0.1) is 0 Å². The van der Waals surface area contributed by atoms with Gasteiger partial charge in [0.15, 0.2) is 5.78 Å². The van der Waals surface area contributed by atoms with Crippen molar-refractivity contribution in [2.45, 2.75) is 69.9 Å². The SMILES string of the molecule is COc1cccc(C(=O)O)c1C(=O)[C@H]1[C@H](c2cccc(Cl)c2F)[C@@](C#N)(c2ccc(Cl)cc2F)[C@H](CC(C)(C)C)N1CCCCCO. The van der Waals surface area contributed by atoms with Gasteiger partial charge in [-0.1, -0.05) is 68.2 Å². The van der Waals surface area contributed by atoms with Gasteiger partial charge in [0.1, 0.15) is 22.8 Å². The topological polar surface area (TPSA) is 111 Å². The van der Waals surface area contributed by atoms with E-state index in [-0.39, 0.29) is 57.6 Å². The van der Waals surface area contributed by atoms with Gasteiger partial charge in [-0.3, -0.25) is 9.69 Å². The molecular formula is C36H38Cl2F2N2O5. The molecule has 0 amide bonds. The number of ether oxygens (including phenoxy) is 1. The molecule has 3 aromatic rings. The summed E-state index contributed by atoms with van der Waals surface area (Å²) in [6.07, 6.45) is 1.78. The first-order valence-electron chi connectivity index (χ1n) is 15.3. The first kappa shape index (κ1) is 36.3. The largest absolute Gasteiger partial charge is 0.496 e. The minimum absolute atomic E-state index is 0.0139. The molecule has 2 N–H and O–H groups in total. The number of likely N-dealkylation sites (tertiary alicyclic amines) is 1. The monoisotopic (exact) mass is 686 g/mol. The molecule has 1 heterocycles. The van der Waals surface area contributed by atoms with Gasteiger partial charge < -0.3 is 14.9 Å². The van der Waals surface area contributed by atoms with Crippen molar-refractivity contribution in [3.05, 3.63) is 98.5 Å². The molecule has 1 fully saturated rings. The Morgan fingerprint density at radius 3 is 2.36 bits per heavy atom. The number of carboxylic acids is 1. The third-order valence-corrected chi connectivity index (χ3v) is 9.37. The Labute approximate surface area is 283 Å². The molecule has 0 unspecified atom stereocenters. The van der Waals surface area contributed by atoms with Crippen LogP contribution in [0.15, 0.2) is 54.6 Å². The minimum atomic E-state index is -1.89. The second-order valence-corrected chi connectivity index (χ2v) is 13.9. The van der Waals surface area contributed by atoms with E-state index in [1.807, 2.05) is 20.8 Å². The zero-order valence-corrected chi connectivity index (χ0v) is 28.2. The molecule has 4 rings (SSSR count). The summed E-state index contributed by atoms with van der Waals surface area (Å²) in [5.41, 5.74) is -3.12. The van der Waals surface area contributed by atoms with E-state index >= 15 is 13.6 Å². The molecule has 47 heavy (non-hydrogen) atoms. The highest BCUT2D eigenvalue weighted by Crippen LogP contribution is 2.57. The van der Waals surface area contributed by atoms with E-state index < -0.39 is 52.2 Å². The van der Waals surface area contributed by atoms with Crippen LogP contribution in [-0.2, 0) is 5.41 Å². The summed E-state index contributed by atoms with van der Waals surface area (Å²) in [6, 6.07) is 12.5. The van der Waals surface area contributed by atoms with Crippen LogP contribution in [0.25, 0.3) is 0 Å². The van der Waals surface area contributed by atoms with Crippen molar-refractivity contribution in [2.75, 3.05) is 20.3 Å². The maximum absolute atomic E-state index is 16.3. The van der Waals surface area contributed by atoms with E-state index in [1.165, 1.54) is 55.6 Å². The third kappa shape index (κ3) is 7.02. The zero-order chi connectivity index (χ0) is 34.7. The fraction of sp³-hybridized carbons (Fsp3) is 0.417. The summed E-state index contributed by atoms with van der Waals surface area (Å²) in [7, 11) is 1.30. The molecular weight excluding hydrogens is 649 g/mol. The maximum Gasteiger partial charge on any atom is 0.336 e. The Morgan fingerprint density at radius 2 is 1.77 bits per heavy atom. The van der Waals surface area contributed by atoms with Gasteiger partial charge in [0, 0.05) is 29.2 Å². The number of methoxy groups -OCH3 is 1. The van der Waals surface area contributed by atoms with Gasteiger partial charge in [0.05, 0.1) is 35.4 Å². The number of benzene rings is 3. The summed E-state index contributed by atoms with van der Waals surface area (Å²) in [6.45, 7) is 6.00. The maximum atomic E-state index is 16.3. The van der Waals surface area contributed by atoms with Crippen molar-refractivity contribution < 1.29 is 33.3 Å². The Bertz CT molecular complexity index is 1690. The molecule has 0 bridgehead atoms. The Morgan fingerprint density at radius 1 is 1.06 bits per heavy atom. The van der Waals surface area contributed by atoms with Crippen LogP contribution in [0, 0.1) is 28.4 Å². The lowest BCUT2D eigenvalue weighted by atomic mass is 9.62. The zero-order valence-electron chi connectivity index (χ0n) is 26.7. The standard InChI is InChI=1S/C36H38Cl2F2N2O5/c1-35(2,3)19-28-36(20-41,24-15-14-21(37)18-26(24)39)30(23-11-8-12-25(38)31(23)40)32(42(28)16-6-5-7-17-43)33(44)29-22(34(45)46)10-9-13-27(29)47-4/h8-15,18,28,30,32,43H,5-7,16-17,19H2,1-4H3,(H,45,46)/t28-,30-,32+,36-/m0/s1. The Hall–Kier alpha value is -3.55. The van der Waals surface area contributed by atoms with Crippen LogP contribution in [-0.4, -0.2) is 59.2 Å². The van der Waals surface area contributed by atoms with Crippen molar-refractivity contribution >= 4 is 35.0 Å². The number of unbranched alkanes of at least 4 members (excludes halogenated alkanes) is 2. The number of aromatic carboxylic acids is 1. The highest BCUT2D eigenvalue weighted by Gasteiger charge is 2.64. The smallest absolute Gasteiger partial charge is 0.336 e. The van der Waals surface area contributed by atoms with Crippen LogP contribution >= 0.6 is 23.2 Å². The molecule has 1 saturated heterocycles. The quantitative estimate of drug-likeness (QED) is 0.146. The van der Waals surface area contributed by atoms with Crippen molar-refractivity contribution in [1.29, 1.82) is 5.26 Å². The Balaban J connectivity index is 2.18. The van der Waals surface area contributed by atoms with E-state index in [1.54, 1.807) is 4.90 Å². The predicted octanol–water partition coefficient (Wildman–Crippen LogP) is 8.06. The molecule has 11 heteroatoms. The van der Waals surface area contributed by atoms with Crippen molar-refractivity contribution in [1.82, 2.24) is 4.90 Å². The third-order valence-electron chi connectivity index (χ3n) is 8.84. The number of rotatable bonds is 12. The summed E-state index contributed by atoms with van der Waals surface area (Å²) < 4.78 is 38.0. The number of nitrogens with zero attached hydrogens (tertiary/aromatic N) is 2. The molecule has 1 aliphatic rings. The molecule has 1 aliphatic heterocycles. The summed E-state index contributed by atoms with van der Waals surface area (Å²) in [4.78, 5) is 29.4. The number of hydrogen-bond donors (Lipinski definition) is 2. The van der Waals surface area contributed by atoms with Crippen molar-refractivity contribution in [3.8, 4) is 11.8 Å². The number of carbonyl (C=O) groups is 2. The highest BCUT2D eigenvalue weighted by atomic mass is 35.5. The lowest BCUT2D eigenvalue weighted by Crippen LogP contribution is -2.47. The second-order valence-electron chi connectivity index (χ2n) is 13.0. The molecule has 0 aliphatic carbocycles. The van der Waals surface area contributed by atoms with Gasteiger partial charge in [-0.25, -0.2) is 13.6 Å². The van der Waals surface area contributed by atoms with E-state index in [9.17, 15) is 20.3 Å². The highest BCUT2D eigenvalue weighted by molar-refractivity contribution is 6.31. The molecule has 0 spiro atoms. The minimum Gasteiger partial charge on any atom is -0.496 e. The fourth-order valence-corrected chi connectivity index (χ4v) is 7.32. The van der Waals surface area contributed by atoms with Crippen LogP contribution in [0.1, 0.15) is 84.2 Å². The van der Waals surface area contributed by atoms with Crippen molar-refractivity contribution in [2.24, 2.45) is 5.41 Å². The van der Waals surface area contributed by atoms with Gasteiger partial charge in [0.25, 0.3) is 0 Å². The first-order valence-corrected chi connectivity index (χ1v) is 16.1. The molecule has 0 saturated carbocycles. The summed E-state index contributed by atoms with van der Waals surface area (Å²) in [5, 5.41) is 30.8. The molecule has 4 atom stereocenters. The number of ketones is 1. The van der Waals surface area contributed by atoms with Crippen LogP contribution in [0.2, 0.25) is 10.0 Å². The summed E-state index contributed by atoms with van der Waals surface area (Å²) in [5.74, 6) is -5.17. The number of Topliss-reactive ketones (excluding diaryl/α,β-unsaturated/α-hetero) is 1. The number of nitriles is 1. The first-order chi connectivity index (χ1) is 22.2. The van der Waals surface area contributed by atoms with E-state index in [2.05, 4.69) is 6.07 Å². The number of halogens is 4. The lowest BCUT2D eigenvalue weighted by molar-refractivity contribution is 0.0680. The number of hydrogen-bond acceptors (Lipinski definition) is 6. The normalized spacial score (nSPS) is 21.4. The van der Waals surface area contributed by atoms with Gasteiger partial charge in [-0.2, -0.15) is 5.26 Å². The molecule has 0 radical (unpaired) electrons. The van der Waals surface area contributed by atoms with Gasteiger partial charge in [-0.05, 0) is 73.5 Å². The van der Waals surface area contributed by atoms with E-state index in [0.717, 1.165) is 6.07 Å². The van der Waals surface area contributed by atoms with Crippen LogP contribution in [0.5, 0.6) is 5.75 Å². The fourth-order valence-electron chi connectivity index (χ4n) is 6.98. The second kappa shape index (κ2) is 14.7. The number of aliphatic hydroxyl groups excluding tert-OH is 1. The van der Waals surface area contributed by atoms with Crippen LogP contribution in [0.3, 0.4) is 0 Å². The van der Waals surface area contributed by atoms with Crippen LogP contribution in [0.4, 0.5) is 8.78 Å². The molecule has 3 aromatic carbocycles. The van der Waals surface area contributed by atoms with E-state index in [0.29, 0.717) is 19.3 Å². The number of aliphatic hydroxyl groups is 1. The molecule has 7 nitrogen and oxygen atoms in total. The number of carboxylic acid groups (broad SMARTS) is 1. The molecule has 250 valence electrons. The van der Waals surface area contributed by atoms with Gasteiger partial charge in [0.2, 0.25) is 0 Å². The molecule has 0 aromatic heterocycles. The van der Waals surface area contributed by atoms with Gasteiger partial charge >= 0.3 is 5.97 Å². The average Bonchev–Trinajstić information content (AvgIpc) is 3.27. The predicted molar refractivity (Wildman–Crippen MR) is 176 cm³/mol. The van der Waals surface area contributed by atoms with Crippen molar-refractivity contribution in [3.63, 3.8) is 0 Å². The lowest BCUT2D eigenvalue weighted by Gasteiger charge is -2.39. The van der Waals surface area contributed by atoms with Crippen LogP contribution < -0.4 is 4.74 Å². The number of carbonyl (C=O) groups excluding carboxylic acids is 1. The van der Waals surface area contributed by atoms with E-state index in [4.69, 9.17) is 27.9 Å². The summed E-state index contributed by atoms with van der Waals surface area (Å²) >= 11 is 12.5. The average molecular weight is 688 g/mol. The Kier molecular flexibility index (Phi) is 11.3.